The van der Waals surface area contributed by atoms with E-state index in [0.29, 0.717) is 31.0 Å². The number of aliphatic imine (C=N–C) groups is 1. The zero-order valence-corrected chi connectivity index (χ0v) is 14.7. The van der Waals surface area contributed by atoms with E-state index in [2.05, 4.69) is 20.9 Å². The maximum absolute atomic E-state index is 13.6. The highest BCUT2D eigenvalue weighted by Crippen LogP contribution is 2.09. The summed E-state index contributed by atoms with van der Waals surface area (Å²) >= 11 is 0. The van der Waals surface area contributed by atoms with Crippen molar-refractivity contribution in [2.24, 2.45) is 4.99 Å². The van der Waals surface area contributed by atoms with Crippen LogP contribution in [0.25, 0.3) is 0 Å². The molecule has 1 aromatic carbocycles. The van der Waals surface area contributed by atoms with E-state index in [1.165, 1.54) is 6.07 Å². The van der Waals surface area contributed by atoms with Gasteiger partial charge in [-0.2, -0.15) is 0 Å². The molecule has 0 saturated heterocycles. The van der Waals surface area contributed by atoms with Gasteiger partial charge in [-0.05, 0) is 57.9 Å². The molecule has 0 aromatic heterocycles. The number of carbonyl (C=O) groups excluding carboxylic acids is 1. The van der Waals surface area contributed by atoms with Crippen LogP contribution in [0.2, 0.25) is 0 Å². The lowest BCUT2D eigenvalue weighted by molar-refractivity contribution is -0.121. The van der Waals surface area contributed by atoms with Gasteiger partial charge in [0.05, 0.1) is 0 Å². The first-order valence-corrected chi connectivity index (χ1v) is 7.98. The number of rotatable bonds is 6. The zero-order valence-electron chi connectivity index (χ0n) is 14.7. The van der Waals surface area contributed by atoms with Gasteiger partial charge in [-0.15, -0.1) is 0 Å². The molecule has 0 fully saturated rings. The van der Waals surface area contributed by atoms with Crippen molar-refractivity contribution in [3.05, 3.63) is 35.4 Å². The van der Waals surface area contributed by atoms with Gasteiger partial charge in [0.15, 0.2) is 5.96 Å². The van der Waals surface area contributed by atoms with Gasteiger partial charge >= 0.3 is 0 Å². The number of nitrogens with one attached hydrogen (secondary N) is 3. The Morgan fingerprint density at radius 3 is 2.54 bits per heavy atom. The normalized spacial score (nSPS) is 12.0. The monoisotopic (exact) mass is 340 g/mol. The molecule has 0 atom stereocenters. The molecule has 0 heterocycles. The summed E-state index contributed by atoms with van der Waals surface area (Å²) in [6.45, 7) is 8.57. The van der Waals surface area contributed by atoms with Gasteiger partial charge in [-0.1, -0.05) is 0 Å². The number of halogens is 2. The summed E-state index contributed by atoms with van der Waals surface area (Å²) in [6, 6.07) is 3.38. The first-order chi connectivity index (χ1) is 11.2. The molecule has 0 saturated carbocycles. The average Bonchev–Trinajstić information content (AvgIpc) is 2.46. The molecule has 24 heavy (non-hydrogen) atoms. The highest BCUT2D eigenvalue weighted by Gasteiger charge is 2.13. The van der Waals surface area contributed by atoms with Crippen molar-refractivity contribution in [2.75, 3.05) is 19.6 Å². The number of nitrogens with zero attached hydrogens (tertiary/aromatic N) is 1. The topological polar surface area (TPSA) is 65.5 Å². The van der Waals surface area contributed by atoms with Crippen LogP contribution in [0.3, 0.4) is 0 Å². The Bertz CT molecular complexity index is 582. The molecule has 0 spiro atoms. The summed E-state index contributed by atoms with van der Waals surface area (Å²) in [5.74, 6) is -0.634. The molecule has 0 bridgehead atoms. The van der Waals surface area contributed by atoms with E-state index in [1.807, 2.05) is 27.7 Å². The second kappa shape index (κ2) is 9.20. The minimum absolute atomic E-state index is 0.0130. The van der Waals surface area contributed by atoms with Crippen molar-refractivity contribution in [3.63, 3.8) is 0 Å². The third-order valence-electron chi connectivity index (χ3n) is 2.93. The third kappa shape index (κ3) is 7.89. The minimum Gasteiger partial charge on any atom is -0.357 e. The van der Waals surface area contributed by atoms with Gasteiger partial charge in [-0.25, -0.2) is 13.8 Å². The fourth-order valence-corrected chi connectivity index (χ4v) is 2.00. The molecule has 3 N–H and O–H groups in total. The van der Waals surface area contributed by atoms with Gasteiger partial charge in [0.25, 0.3) is 0 Å². The van der Waals surface area contributed by atoms with Crippen molar-refractivity contribution < 1.29 is 13.6 Å². The summed E-state index contributed by atoms with van der Waals surface area (Å²) < 4.78 is 26.7. The number of benzene rings is 1. The fraction of sp³-hybridized carbons (Fsp3) is 0.529. The molecule has 1 rings (SSSR count). The summed E-state index contributed by atoms with van der Waals surface area (Å²) in [7, 11) is 0. The van der Waals surface area contributed by atoms with E-state index in [4.69, 9.17) is 0 Å². The smallest absolute Gasteiger partial charge is 0.242 e. The van der Waals surface area contributed by atoms with Gasteiger partial charge in [0.2, 0.25) is 5.91 Å². The van der Waals surface area contributed by atoms with Crippen LogP contribution in [0.1, 0.15) is 33.3 Å². The first kappa shape index (κ1) is 19.9. The second-order valence-electron chi connectivity index (χ2n) is 6.41. The van der Waals surface area contributed by atoms with E-state index in [1.54, 1.807) is 0 Å². The Morgan fingerprint density at radius 1 is 1.21 bits per heavy atom. The van der Waals surface area contributed by atoms with Crippen molar-refractivity contribution in [1.29, 1.82) is 0 Å². The predicted octanol–water partition coefficient (Wildman–Crippen LogP) is 1.98. The lowest BCUT2D eigenvalue weighted by Crippen LogP contribution is -2.43. The number of hydrogen-bond acceptors (Lipinski definition) is 2. The summed E-state index contributed by atoms with van der Waals surface area (Å²) in [6.07, 6.45) is 0.308. The standard InChI is InChI=1S/C17H26F2N4O/c1-5-20-16(22-11-15(24)23-17(2,3)4)21-9-8-12-10-13(18)6-7-14(12)19/h6-7,10H,5,8-9,11H2,1-4H3,(H,23,24)(H2,20,21,22). The average molecular weight is 340 g/mol. The van der Waals surface area contributed by atoms with E-state index in [9.17, 15) is 13.6 Å². The number of guanidine groups is 1. The zero-order chi connectivity index (χ0) is 18.2. The van der Waals surface area contributed by atoms with Crippen molar-refractivity contribution >= 4 is 11.9 Å². The van der Waals surface area contributed by atoms with Crippen LogP contribution in [0.15, 0.2) is 23.2 Å². The van der Waals surface area contributed by atoms with Crippen LogP contribution in [-0.4, -0.2) is 37.0 Å². The second-order valence-corrected chi connectivity index (χ2v) is 6.41. The van der Waals surface area contributed by atoms with Crippen LogP contribution in [-0.2, 0) is 11.2 Å². The molecule has 1 amide bonds. The molecule has 134 valence electrons. The van der Waals surface area contributed by atoms with E-state index < -0.39 is 11.6 Å². The fourth-order valence-electron chi connectivity index (χ4n) is 2.00. The molecule has 7 heteroatoms. The lowest BCUT2D eigenvalue weighted by atomic mass is 10.1. The Balaban J connectivity index is 2.55. The largest absolute Gasteiger partial charge is 0.357 e. The Hall–Kier alpha value is -2.18. The molecule has 0 aliphatic carbocycles. The molecular formula is C17H26F2N4O. The highest BCUT2D eigenvalue weighted by atomic mass is 19.1. The van der Waals surface area contributed by atoms with Crippen LogP contribution < -0.4 is 16.0 Å². The van der Waals surface area contributed by atoms with Crippen molar-refractivity contribution in [1.82, 2.24) is 16.0 Å². The third-order valence-corrected chi connectivity index (χ3v) is 2.93. The molecule has 0 aliphatic rings. The summed E-state index contributed by atoms with van der Waals surface area (Å²) in [5.41, 5.74) is -0.0170. The molecule has 0 radical (unpaired) electrons. The van der Waals surface area contributed by atoms with Crippen LogP contribution in [0.4, 0.5) is 8.78 Å². The Kier molecular flexibility index (Phi) is 7.61. The highest BCUT2D eigenvalue weighted by molar-refractivity contribution is 5.85. The maximum atomic E-state index is 13.6. The van der Waals surface area contributed by atoms with Gasteiger partial charge < -0.3 is 16.0 Å². The van der Waals surface area contributed by atoms with E-state index in [-0.39, 0.29) is 18.0 Å². The van der Waals surface area contributed by atoms with Gasteiger partial charge in [0, 0.05) is 18.6 Å². The number of hydrogen-bond donors (Lipinski definition) is 3. The van der Waals surface area contributed by atoms with Crippen LogP contribution in [0.5, 0.6) is 0 Å². The molecule has 0 unspecified atom stereocenters. The lowest BCUT2D eigenvalue weighted by Gasteiger charge is -2.20. The van der Waals surface area contributed by atoms with Gasteiger partial charge in [0.1, 0.15) is 18.2 Å². The molecule has 5 nitrogen and oxygen atoms in total. The maximum Gasteiger partial charge on any atom is 0.242 e. The quantitative estimate of drug-likeness (QED) is 0.548. The minimum atomic E-state index is -0.467. The Labute approximate surface area is 141 Å². The van der Waals surface area contributed by atoms with Crippen molar-refractivity contribution in [3.8, 4) is 0 Å². The van der Waals surface area contributed by atoms with Crippen molar-refractivity contribution in [2.45, 2.75) is 39.7 Å². The van der Waals surface area contributed by atoms with E-state index >= 15 is 0 Å². The predicted molar refractivity (Wildman–Crippen MR) is 91.9 cm³/mol. The van der Waals surface area contributed by atoms with E-state index in [0.717, 1.165) is 12.1 Å². The summed E-state index contributed by atoms with van der Waals surface area (Å²) in [4.78, 5) is 16.0. The summed E-state index contributed by atoms with van der Waals surface area (Å²) in [5, 5.41) is 8.83. The van der Waals surface area contributed by atoms with Gasteiger partial charge in [-0.3, -0.25) is 4.79 Å². The molecule has 0 aliphatic heterocycles. The SMILES string of the molecule is CCNC(=NCC(=O)NC(C)(C)C)NCCc1cc(F)ccc1F. The Morgan fingerprint density at radius 2 is 1.92 bits per heavy atom. The van der Waals surface area contributed by atoms with Crippen LogP contribution in [0, 0.1) is 11.6 Å². The first-order valence-electron chi connectivity index (χ1n) is 7.98. The van der Waals surface area contributed by atoms with Crippen LogP contribution >= 0.6 is 0 Å². The molecular weight excluding hydrogens is 314 g/mol. The number of amides is 1. The molecule has 1 aromatic rings. The number of carbonyl (C=O) groups is 1.